The molecule has 5 nitrogen and oxygen atoms in total. The predicted molar refractivity (Wildman–Crippen MR) is 92.1 cm³/mol. The highest BCUT2D eigenvalue weighted by atomic mass is 32.2. The number of furan rings is 1. The molecule has 1 amide bonds. The molecule has 0 spiro atoms. The van der Waals surface area contributed by atoms with E-state index in [4.69, 9.17) is 21.7 Å². The van der Waals surface area contributed by atoms with Gasteiger partial charge in [-0.05, 0) is 36.8 Å². The molecule has 2 heterocycles. The first-order chi connectivity index (χ1) is 10.9. The first-order valence-electron chi connectivity index (χ1n) is 6.63. The van der Waals surface area contributed by atoms with E-state index in [1.54, 1.807) is 36.4 Å². The number of amides is 1. The smallest absolute Gasteiger partial charge is 0.335 e. The molecule has 0 radical (unpaired) electrons. The van der Waals surface area contributed by atoms with Crippen LogP contribution < -0.4 is 5.32 Å². The van der Waals surface area contributed by atoms with Gasteiger partial charge in [0.1, 0.15) is 15.8 Å². The fourth-order valence-electron chi connectivity index (χ4n) is 2.15. The molecule has 0 unspecified atom stereocenters. The van der Waals surface area contributed by atoms with Crippen molar-refractivity contribution in [1.29, 1.82) is 0 Å². The van der Waals surface area contributed by atoms with Crippen molar-refractivity contribution in [1.82, 2.24) is 5.32 Å². The van der Waals surface area contributed by atoms with E-state index in [0.29, 0.717) is 26.3 Å². The minimum Gasteiger partial charge on any atom is -0.478 e. The van der Waals surface area contributed by atoms with E-state index in [0.717, 1.165) is 5.56 Å². The van der Waals surface area contributed by atoms with Gasteiger partial charge in [0.15, 0.2) is 0 Å². The summed E-state index contributed by atoms with van der Waals surface area (Å²) in [5.74, 6) is -0.194. The lowest BCUT2D eigenvalue weighted by molar-refractivity contribution is -0.115. The molecule has 0 aliphatic carbocycles. The lowest BCUT2D eigenvalue weighted by atomic mass is 10.0. The van der Waals surface area contributed by atoms with Gasteiger partial charge in [0.2, 0.25) is 0 Å². The summed E-state index contributed by atoms with van der Waals surface area (Å²) in [6.45, 7) is 1.88. The van der Waals surface area contributed by atoms with Crippen LogP contribution in [0.1, 0.15) is 21.7 Å². The molecule has 0 atom stereocenters. The topological polar surface area (TPSA) is 79.5 Å². The van der Waals surface area contributed by atoms with Crippen LogP contribution in [0.25, 0.3) is 17.4 Å². The van der Waals surface area contributed by atoms with Crippen molar-refractivity contribution in [3.8, 4) is 11.3 Å². The summed E-state index contributed by atoms with van der Waals surface area (Å²) in [4.78, 5) is 23.2. The standard InChI is InChI=1S/C16H11NO4S2/c1-8-2-3-9(15(19)20)6-11(8)12-5-4-10(21-12)7-13-14(18)17-16(22)23-13/h2-7H,1H3,(H,19,20)(H,17,18,22). The number of aryl methyl sites for hydroxylation is 1. The summed E-state index contributed by atoms with van der Waals surface area (Å²) in [6.07, 6.45) is 1.61. The first kappa shape index (κ1) is 15.5. The maximum atomic E-state index is 11.6. The second kappa shape index (κ2) is 6.02. The molecule has 1 aliphatic heterocycles. The van der Waals surface area contributed by atoms with Crippen molar-refractivity contribution < 1.29 is 19.1 Å². The molecule has 0 bridgehead atoms. The zero-order valence-electron chi connectivity index (χ0n) is 12.0. The Bertz CT molecular complexity index is 867. The molecule has 1 aromatic carbocycles. The zero-order chi connectivity index (χ0) is 16.6. The number of nitrogens with one attached hydrogen (secondary N) is 1. The number of thioether (sulfide) groups is 1. The lowest BCUT2D eigenvalue weighted by Crippen LogP contribution is -2.17. The molecule has 1 aliphatic rings. The molecule has 2 N–H and O–H groups in total. The van der Waals surface area contributed by atoms with Crippen molar-refractivity contribution in [2.75, 3.05) is 0 Å². The largest absolute Gasteiger partial charge is 0.478 e. The highest BCUT2D eigenvalue weighted by Crippen LogP contribution is 2.30. The van der Waals surface area contributed by atoms with Gasteiger partial charge in [0, 0.05) is 11.6 Å². The summed E-state index contributed by atoms with van der Waals surface area (Å²) >= 11 is 6.11. The number of carbonyl (C=O) groups excluding carboxylic acids is 1. The number of hydrogen-bond acceptors (Lipinski definition) is 5. The summed E-state index contributed by atoms with van der Waals surface area (Å²) in [5, 5.41) is 11.6. The molecule has 2 aromatic rings. The Morgan fingerprint density at radius 1 is 1.35 bits per heavy atom. The molecular weight excluding hydrogens is 334 g/mol. The van der Waals surface area contributed by atoms with Crippen molar-refractivity contribution in [3.05, 3.63) is 52.1 Å². The van der Waals surface area contributed by atoms with Gasteiger partial charge in [-0.3, -0.25) is 4.79 Å². The van der Waals surface area contributed by atoms with E-state index >= 15 is 0 Å². The molecule has 1 saturated heterocycles. The van der Waals surface area contributed by atoms with Crippen molar-refractivity contribution in [2.45, 2.75) is 6.92 Å². The van der Waals surface area contributed by atoms with Crippen LogP contribution in [0.5, 0.6) is 0 Å². The number of carboxylic acid groups (broad SMARTS) is 1. The van der Waals surface area contributed by atoms with Gasteiger partial charge < -0.3 is 14.8 Å². The van der Waals surface area contributed by atoms with Crippen LogP contribution in [-0.4, -0.2) is 21.3 Å². The van der Waals surface area contributed by atoms with Crippen LogP contribution >= 0.6 is 24.0 Å². The number of benzene rings is 1. The number of carboxylic acids is 1. The summed E-state index contributed by atoms with van der Waals surface area (Å²) in [6, 6.07) is 8.33. The van der Waals surface area contributed by atoms with Crippen LogP contribution in [0.4, 0.5) is 0 Å². The molecule has 3 rings (SSSR count). The first-order valence-corrected chi connectivity index (χ1v) is 7.85. The number of thiocarbonyl (C=S) groups is 1. The van der Waals surface area contributed by atoms with Gasteiger partial charge >= 0.3 is 5.97 Å². The molecular formula is C16H11NO4S2. The molecule has 116 valence electrons. The molecule has 0 saturated carbocycles. The Labute approximate surface area is 141 Å². The third kappa shape index (κ3) is 3.20. The Hall–Kier alpha value is -2.38. The van der Waals surface area contributed by atoms with E-state index in [1.165, 1.54) is 11.8 Å². The number of aromatic carboxylic acids is 1. The number of rotatable bonds is 3. The summed E-state index contributed by atoms with van der Waals surface area (Å²) in [7, 11) is 0. The normalized spacial score (nSPS) is 16.0. The van der Waals surface area contributed by atoms with Crippen LogP contribution in [0.15, 0.2) is 39.7 Å². The minimum absolute atomic E-state index is 0.193. The predicted octanol–water partition coefficient (Wildman–Crippen LogP) is 3.44. The highest BCUT2D eigenvalue weighted by Gasteiger charge is 2.22. The van der Waals surface area contributed by atoms with Crippen LogP contribution in [0.2, 0.25) is 0 Å². The third-order valence-corrected chi connectivity index (χ3v) is 4.45. The molecule has 1 aromatic heterocycles. The Balaban J connectivity index is 1.95. The van der Waals surface area contributed by atoms with Crippen LogP contribution in [0.3, 0.4) is 0 Å². The fourth-order valence-corrected chi connectivity index (χ4v) is 3.17. The van der Waals surface area contributed by atoms with Gasteiger partial charge in [0.05, 0.1) is 10.5 Å². The van der Waals surface area contributed by atoms with Crippen LogP contribution in [-0.2, 0) is 4.79 Å². The summed E-state index contributed by atoms with van der Waals surface area (Å²) < 4.78 is 6.14. The fraction of sp³-hybridized carbons (Fsp3) is 0.0625. The van der Waals surface area contributed by atoms with E-state index in [-0.39, 0.29) is 11.5 Å². The summed E-state index contributed by atoms with van der Waals surface area (Å²) in [5.41, 5.74) is 1.80. The van der Waals surface area contributed by atoms with E-state index < -0.39 is 5.97 Å². The molecule has 7 heteroatoms. The minimum atomic E-state index is -0.993. The maximum absolute atomic E-state index is 11.6. The Morgan fingerprint density at radius 3 is 2.78 bits per heavy atom. The monoisotopic (exact) mass is 345 g/mol. The quantitative estimate of drug-likeness (QED) is 0.655. The zero-order valence-corrected chi connectivity index (χ0v) is 13.6. The SMILES string of the molecule is Cc1ccc(C(=O)O)cc1-c1ccc(C=C2SC(=S)NC2=O)o1. The van der Waals surface area contributed by atoms with E-state index in [2.05, 4.69) is 5.32 Å². The van der Waals surface area contributed by atoms with Gasteiger partial charge in [-0.15, -0.1) is 0 Å². The van der Waals surface area contributed by atoms with Gasteiger partial charge in [0.25, 0.3) is 5.91 Å². The van der Waals surface area contributed by atoms with Crippen molar-refractivity contribution in [2.24, 2.45) is 0 Å². The molecule has 1 fully saturated rings. The second-order valence-electron chi connectivity index (χ2n) is 4.89. The van der Waals surface area contributed by atoms with E-state index in [9.17, 15) is 9.59 Å². The average molecular weight is 345 g/mol. The Kier molecular flexibility index (Phi) is 4.06. The Morgan fingerprint density at radius 2 is 2.13 bits per heavy atom. The average Bonchev–Trinajstić information content (AvgIpc) is 3.06. The maximum Gasteiger partial charge on any atom is 0.335 e. The number of carbonyl (C=O) groups is 2. The van der Waals surface area contributed by atoms with Crippen molar-refractivity contribution >= 4 is 46.3 Å². The highest BCUT2D eigenvalue weighted by molar-refractivity contribution is 8.26. The third-order valence-electron chi connectivity index (χ3n) is 3.29. The van der Waals surface area contributed by atoms with E-state index in [1.807, 2.05) is 6.92 Å². The molecule has 23 heavy (non-hydrogen) atoms. The van der Waals surface area contributed by atoms with Gasteiger partial charge in [-0.25, -0.2) is 4.79 Å². The van der Waals surface area contributed by atoms with Crippen LogP contribution in [0, 0.1) is 6.92 Å². The van der Waals surface area contributed by atoms with Gasteiger partial charge in [-0.1, -0.05) is 30.0 Å². The van der Waals surface area contributed by atoms with Gasteiger partial charge in [-0.2, -0.15) is 0 Å². The van der Waals surface area contributed by atoms with Crippen molar-refractivity contribution in [3.63, 3.8) is 0 Å². The lowest BCUT2D eigenvalue weighted by Gasteiger charge is -2.04. The second-order valence-corrected chi connectivity index (χ2v) is 6.61. The number of hydrogen-bond donors (Lipinski definition) is 2.